The van der Waals surface area contributed by atoms with Gasteiger partial charge < -0.3 is 20.3 Å². The smallest absolute Gasteiger partial charge is 0.408 e. The molecule has 0 saturated carbocycles. The van der Waals surface area contributed by atoms with Crippen molar-refractivity contribution in [2.24, 2.45) is 0 Å². The Kier molecular flexibility index (Phi) is 9.00. The zero-order valence-corrected chi connectivity index (χ0v) is 11.0. The summed E-state index contributed by atoms with van der Waals surface area (Å²) in [5.41, 5.74) is 0. The maximum absolute atomic E-state index is 11.4. The van der Waals surface area contributed by atoms with Crippen LogP contribution in [0.25, 0.3) is 0 Å². The third kappa shape index (κ3) is 7.11. The van der Waals surface area contributed by atoms with E-state index >= 15 is 0 Å². The number of unbranched alkanes of at least 4 members (excludes halogenated alkanes) is 2. The first-order valence-electron chi connectivity index (χ1n) is 6.35. The highest BCUT2D eigenvalue weighted by atomic mass is 16.6. The van der Waals surface area contributed by atoms with Crippen molar-refractivity contribution in [3.63, 3.8) is 0 Å². The largest absolute Gasteiger partial charge is 0.480 e. The molecule has 0 aliphatic heterocycles. The molecule has 0 saturated heterocycles. The monoisotopic (exact) mass is 261 g/mol. The van der Waals surface area contributed by atoms with Gasteiger partial charge in [0.2, 0.25) is 0 Å². The minimum absolute atomic E-state index is 0.204. The number of carboxylic acid groups (broad SMARTS) is 1. The van der Waals surface area contributed by atoms with E-state index in [0.717, 1.165) is 25.7 Å². The second kappa shape index (κ2) is 9.70. The second-order valence-corrected chi connectivity index (χ2v) is 4.15. The lowest BCUT2D eigenvalue weighted by Crippen LogP contribution is -2.44. The van der Waals surface area contributed by atoms with E-state index in [9.17, 15) is 9.59 Å². The molecule has 0 aromatic heterocycles. The predicted octanol–water partition coefficient (Wildman–Crippen LogP) is 1.52. The minimum Gasteiger partial charge on any atom is -0.480 e. The Morgan fingerprint density at radius 3 is 2.39 bits per heavy atom. The number of aliphatic hydroxyl groups excluding tert-OH is 1. The van der Waals surface area contributed by atoms with Crippen LogP contribution in [-0.4, -0.2) is 41.0 Å². The van der Waals surface area contributed by atoms with Gasteiger partial charge in [-0.3, -0.25) is 0 Å². The Hall–Kier alpha value is -1.30. The maximum atomic E-state index is 11.4. The summed E-state index contributed by atoms with van der Waals surface area (Å²) >= 11 is 0. The fourth-order valence-electron chi connectivity index (χ4n) is 1.48. The number of carbonyl (C=O) groups is 2. The van der Waals surface area contributed by atoms with Crippen LogP contribution in [0.3, 0.4) is 0 Å². The number of alkyl carbamates (subject to hydrolysis) is 1. The third-order valence-electron chi connectivity index (χ3n) is 2.63. The van der Waals surface area contributed by atoms with Crippen LogP contribution >= 0.6 is 0 Å². The van der Waals surface area contributed by atoms with Crippen molar-refractivity contribution in [2.75, 3.05) is 6.61 Å². The lowest BCUT2D eigenvalue weighted by Gasteiger charge is -2.18. The molecule has 1 amide bonds. The van der Waals surface area contributed by atoms with E-state index < -0.39 is 24.7 Å². The van der Waals surface area contributed by atoms with Gasteiger partial charge in [0, 0.05) is 0 Å². The summed E-state index contributed by atoms with van der Waals surface area (Å²) < 4.78 is 5.10. The van der Waals surface area contributed by atoms with E-state index in [0.29, 0.717) is 6.42 Å². The summed E-state index contributed by atoms with van der Waals surface area (Å²) in [5, 5.41) is 19.5. The van der Waals surface area contributed by atoms with Crippen LogP contribution in [0.15, 0.2) is 0 Å². The van der Waals surface area contributed by atoms with Crippen LogP contribution in [0.2, 0.25) is 0 Å². The molecular weight excluding hydrogens is 238 g/mol. The van der Waals surface area contributed by atoms with Gasteiger partial charge in [0.15, 0.2) is 6.04 Å². The number of hydrogen-bond donors (Lipinski definition) is 3. The zero-order valence-electron chi connectivity index (χ0n) is 11.0. The van der Waals surface area contributed by atoms with Gasteiger partial charge in [0.1, 0.15) is 6.10 Å². The van der Waals surface area contributed by atoms with Gasteiger partial charge in [-0.1, -0.05) is 26.7 Å². The Labute approximate surface area is 107 Å². The Morgan fingerprint density at radius 2 is 1.94 bits per heavy atom. The van der Waals surface area contributed by atoms with Crippen LogP contribution in [0.1, 0.15) is 46.0 Å². The molecule has 0 heterocycles. The normalized spacial score (nSPS) is 13.7. The zero-order chi connectivity index (χ0) is 14.0. The molecule has 0 spiro atoms. The highest BCUT2D eigenvalue weighted by Gasteiger charge is 2.21. The van der Waals surface area contributed by atoms with Crippen molar-refractivity contribution in [3.05, 3.63) is 0 Å². The number of rotatable bonds is 9. The molecule has 0 aliphatic rings. The lowest BCUT2D eigenvalue weighted by atomic mass is 10.1. The van der Waals surface area contributed by atoms with E-state index in [1.807, 2.05) is 6.92 Å². The number of carboxylic acids is 1. The van der Waals surface area contributed by atoms with Crippen LogP contribution in [0.5, 0.6) is 0 Å². The minimum atomic E-state index is -1.31. The number of aliphatic hydroxyl groups is 1. The molecule has 3 N–H and O–H groups in total. The lowest BCUT2D eigenvalue weighted by molar-refractivity contribution is -0.140. The van der Waals surface area contributed by atoms with E-state index in [-0.39, 0.29) is 6.10 Å². The van der Waals surface area contributed by atoms with Crippen molar-refractivity contribution in [1.29, 1.82) is 0 Å². The first-order valence-corrected chi connectivity index (χ1v) is 6.35. The number of aliphatic carboxylic acids is 1. The Balaban J connectivity index is 4.05. The summed E-state index contributed by atoms with van der Waals surface area (Å²) in [5.74, 6) is -1.28. The van der Waals surface area contributed by atoms with Gasteiger partial charge in [-0.15, -0.1) is 0 Å². The summed E-state index contributed by atoms with van der Waals surface area (Å²) in [6.45, 7) is 3.34. The van der Waals surface area contributed by atoms with Crippen LogP contribution in [-0.2, 0) is 9.53 Å². The molecule has 0 aromatic carbocycles. The Morgan fingerprint density at radius 1 is 1.28 bits per heavy atom. The molecule has 6 heteroatoms. The molecule has 0 fully saturated rings. The average molecular weight is 261 g/mol. The number of amides is 1. The van der Waals surface area contributed by atoms with Gasteiger partial charge in [-0.2, -0.15) is 0 Å². The highest BCUT2D eigenvalue weighted by molar-refractivity contribution is 5.80. The number of ether oxygens (including phenoxy) is 1. The van der Waals surface area contributed by atoms with Gasteiger partial charge in [0.25, 0.3) is 0 Å². The van der Waals surface area contributed by atoms with E-state index in [4.69, 9.17) is 14.9 Å². The number of hydrogen-bond acceptors (Lipinski definition) is 4. The summed E-state index contributed by atoms with van der Waals surface area (Å²) in [6, 6.07) is -1.31. The van der Waals surface area contributed by atoms with E-state index in [2.05, 4.69) is 12.2 Å². The fraction of sp³-hybridized carbons (Fsp3) is 0.833. The second-order valence-electron chi connectivity index (χ2n) is 4.15. The SMILES string of the molecule is CCCCCC(CC)OC(=O)NC(CO)C(=O)O. The van der Waals surface area contributed by atoms with Crippen LogP contribution in [0.4, 0.5) is 4.79 Å². The molecule has 2 unspecified atom stereocenters. The molecular formula is C12H23NO5. The van der Waals surface area contributed by atoms with Gasteiger partial charge in [-0.05, 0) is 19.3 Å². The van der Waals surface area contributed by atoms with Crippen LogP contribution < -0.4 is 5.32 Å². The van der Waals surface area contributed by atoms with Gasteiger partial charge in [-0.25, -0.2) is 9.59 Å². The van der Waals surface area contributed by atoms with Crippen molar-refractivity contribution in [3.8, 4) is 0 Å². The summed E-state index contributed by atoms with van der Waals surface area (Å²) in [4.78, 5) is 22.0. The summed E-state index contributed by atoms with van der Waals surface area (Å²) in [6.07, 6.45) is 3.61. The molecule has 0 radical (unpaired) electrons. The van der Waals surface area contributed by atoms with E-state index in [1.165, 1.54) is 0 Å². The fourth-order valence-corrected chi connectivity index (χ4v) is 1.48. The van der Waals surface area contributed by atoms with Crippen molar-refractivity contribution in [2.45, 2.75) is 58.1 Å². The highest BCUT2D eigenvalue weighted by Crippen LogP contribution is 2.10. The molecule has 18 heavy (non-hydrogen) atoms. The molecule has 0 aliphatic carbocycles. The first kappa shape index (κ1) is 16.7. The molecule has 0 aromatic rings. The van der Waals surface area contributed by atoms with Crippen molar-refractivity contribution >= 4 is 12.1 Å². The molecule has 106 valence electrons. The first-order chi connectivity index (χ1) is 8.54. The van der Waals surface area contributed by atoms with Crippen molar-refractivity contribution < 1.29 is 24.5 Å². The Bertz CT molecular complexity index is 257. The average Bonchev–Trinajstić information content (AvgIpc) is 2.34. The standard InChI is InChI=1S/C12H23NO5/c1-3-5-6-7-9(4-2)18-12(17)13-10(8-14)11(15)16/h9-10,14H,3-8H2,1-2H3,(H,13,17)(H,15,16). The molecule has 0 rings (SSSR count). The van der Waals surface area contributed by atoms with Gasteiger partial charge in [0.05, 0.1) is 6.61 Å². The van der Waals surface area contributed by atoms with Gasteiger partial charge >= 0.3 is 12.1 Å². The third-order valence-corrected chi connectivity index (χ3v) is 2.63. The topological polar surface area (TPSA) is 95.9 Å². The molecule has 0 bridgehead atoms. The predicted molar refractivity (Wildman–Crippen MR) is 66.3 cm³/mol. The summed E-state index contributed by atoms with van der Waals surface area (Å²) in [7, 11) is 0. The molecule has 2 atom stereocenters. The number of nitrogens with one attached hydrogen (secondary N) is 1. The van der Waals surface area contributed by atoms with Crippen molar-refractivity contribution in [1.82, 2.24) is 5.32 Å². The quantitative estimate of drug-likeness (QED) is 0.547. The molecule has 6 nitrogen and oxygen atoms in total. The maximum Gasteiger partial charge on any atom is 0.408 e. The van der Waals surface area contributed by atoms with E-state index in [1.54, 1.807) is 0 Å². The number of carbonyl (C=O) groups excluding carboxylic acids is 1. The van der Waals surface area contributed by atoms with Crippen LogP contribution in [0, 0.1) is 0 Å².